The molecule has 1 aromatic rings. The number of aromatic nitrogens is 2. The summed E-state index contributed by atoms with van der Waals surface area (Å²) in [5.74, 6) is 0.130. The zero-order valence-corrected chi connectivity index (χ0v) is 13.3. The number of ether oxygens (including phenoxy) is 1. The van der Waals surface area contributed by atoms with E-state index >= 15 is 0 Å². The molecule has 0 amide bonds. The van der Waals surface area contributed by atoms with Crippen LogP contribution >= 0.6 is 0 Å². The Kier molecular flexibility index (Phi) is 7.63. The molecular formula is C16H22F2N2O2. The van der Waals surface area contributed by atoms with Gasteiger partial charge in [0.05, 0.1) is 17.9 Å². The molecule has 22 heavy (non-hydrogen) atoms. The second-order valence-electron chi connectivity index (χ2n) is 5.17. The summed E-state index contributed by atoms with van der Waals surface area (Å²) in [7, 11) is 0. The second-order valence-corrected chi connectivity index (χ2v) is 5.17. The predicted molar refractivity (Wildman–Crippen MR) is 79.8 cm³/mol. The van der Waals surface area contributed by atoms with Crippen molar-refractivity contribution in [3.63, 3.8) is 0 Å². The van der Waals surface area contributed by atoms with E-state index in [4.69, 9.17) is 4.74 Å². The second kappa shape index (κ2) is 9.23. The molecule has 1 aromatic heterocycles. The van der Waals surface area contributed by atoms with Gasteiger partial charge in [-0.2, -0.15) is 8.78 Å². The van der Waals surface area contributed by atoms with Gasteiger partial charge in [0, 0.05) is 19.0 Å². The number of aryl methyl sites for hydroxylation is 2. The maximum Gasteiger partial charge on any atom is 0.341 e. The van der Waals surface area contributed by atoms with Crippen molar-refractivity contribution < 1.29 is 18.3 Å². The standard InChI is InChI=1S/C16H22F2N2O2/c1-4-5-6-7-14-19-10-13(12(3)20-14)16(21)22-9-8-11(2)15(17)18/h10H,4-9H2,1-3H3. The van der Waals surface area contributed by atoms with E-state index in [1.807, 2.05) is 0 Å². The Morgan fingerprint density at radius 3 is 2.64 bits per heavy atom. The highest BCUT2D eigenvalue weighted by Gasteiger charge is 2.13. The van der Waals surface area contributed by atoms with Gasteiger partial charge in [0.1, 0.15) is 5.82 Å². The number of unbranched alkanes of at least 4 members (excludes halogenated alkanes) is 2. The summed E-state index contributed by atoms with van der Waals surface area (Å²) in [6.07, 6.45) is 3.77. The first kappa shape index (κ1) is 18.2. The minimum atomic E-state index is -1.73. The molecule has 0 saturated heterocycles. The molecule has 122 valence electrons. The van der Waals surface area contributed by atoms with Crippen molar-refractivity contribution >= 4 is 5.97 Å². The van der Waals surface area contributed by atoms with Crippen molar-refractivity contribution in [2.24, 2.45) is 0 Å². The molecule has 0 aromatic carbocycles. The number of halogens is 2. The lowest BCUT2D eigenvalue weighted by Crippen LogP contribution is -2.11. The Morgan fingerprint density at radius 1 is 1.32 bits per heavy atom. The Labute approximate surface area is 129 Å². The number of esters is 1. The minimum Gasteiger partial charge on any atom is -0.462 e. The molecule has 4 nitrogen and oxygen atoms in total. The van der Waals surface area contributed by atoms with Gasteiger partial charge >= 0.3 is 5.97 Å². The highest BCUT2D eigenvalue weighted by atomic mass is 19.3. The van der Waals surface area contributed by atoms with Crippen LogP contribution in [0.2, 0.25) is 0 Å². The summed E-state index contributed by atoms with van der Waals surface area (Å²) in [6, 6.07) is 0. The lowest BCUT2D eigenvalue weighted by Gasteiger charge is -2.08. The van der Waals surface area contributed by atoms with Crippen LogP contribution in [0.3, 0.4) is 0 Å². The molecule has 0 fully saturated rings. The number of hydrogen-bond acceptors (Lipinski definition) is 4. The Bertz CT molecular complexity index is 541. The van der Waals surface area contributed by atoms with Crippen LogP contribution in [-0.4, -0.2) is 22.5 Å². The average molecular weight is 312 g/mol. The van der Waals surface area contributed by atoms with E-state index in [-0.39, 0.29) is 24.2 Å². The van der Waals surface area contributed by atoms with Crippen LogP contribution in [0.4, 0.5) is 8.78 Å². The third-order valence-electron chi connectivity index (χ3n) is 3.29. The van der Waals surface area contributed by atoms with Gasteiger partial charge < -0.3 is 4.74 Å². The molecular weight excluding hydrogens is 290 g/mol. The highest BCUT2D eigenvalue weighted by Crippen LogP contribution is 2.12. The number of carbonyl (C=O) groups is 1. The number of nitrogens with zero attached hydrogens (tertiary/aromatic N) is 2. The lowest BCUT2D eigenvalue weighted by molar-refractivity contribution is 0.0506. The van der Waals surface area contributed by atoms with E-state index < -0.39 is 12.0 Å². The molecule has 0 aliphatic rings. The number of carbonyl (C=O) groups excluding carboxylic acids is 1. The van der Waals surface area contributed by atoms with Gasteiger partial charge in [-0.25, -0.2) is 14.8 Å². The van der Waals surface area contributed by atoms with Crippen molar-refractivity contribution in [1.82, 2.24) is 9.97 Å². The maximum atomic E-state index is 12.2. The van der Waals surface area contributed by atoms with E-state index in [2.05, 4.69) is 16.9 Å². The monoisotopic (exact) mass is 312 g/mol. The van der Waals surface area contributed by atoms with Gasteiger partial charge in [-0.3, -0.25) is 0 Å². The third-order valence-corrected chi connectivity index (χ3v) is 3.29. The van der Waals surface area contributed by atoms with Crippen molar-refractivity contribution in [2.75, 3.05) is 6.61 Å². The van der Waals surface area contributed by atoms with Crippen LogP contribution in [-0.2, 0) is 11.2 Å². The first-order valence-corrected chi connectivity index (χ1v) is 7.46. The quantitative estimate of drug-likeness (QED) is 0.532. The van der Waals surface area contributed by atoms with Gasteiger partial charge in [-0.15, -0.1) is 0 Å². The molecule has 0 bridgehead atoms. The summed E-state index contributed by atoms with van der Waals surface area (Å²) in [4.78, 5) is 20.3. The Morgan fingerprint density at radius 2 is 2.05 bits per heavy atom. The van der Waals surface area contributed by atoms with Gasteiger partial charge in [0.15, 0.2) is 0 Å². The zero-order chi connectivity index (χ0) is 16.5. The SMILES string of the molecule is CCCCCc1ncc(C(=O)OCCC(C)=C(F)F)c(C)n1. The van der Waals surface area contributed by atoms with E-state index in [1.165, 1.54) is 13.1 Å². The third kappa shape index (κ3) is 5.87. The van der Waals surface area contributed by atoms with Crippen LogP contribution in [0.25, 0.3) is 0 Å². The van der Waals surface area contributed by atoms with Crippen molar-refractivity contribution in [1.29, 1.82) is 0 Å². The van der Waals surface area contributed by atoms with Crippen LogP contribution in [0, 0.1) is 6.92 Å². The van der Waals surface area contributed by atoms with Crippen LogP contribution in [0.1, 0.15) is 61.4 Å². The number of hydrogen-bond donors (Lipinski definition) is 0. The minimum absolute atomic E-state index is 0.0169. The first-order valence-electron chi connectivity index (χ1n) is 7.46. The highest BCUT2D eigenvalue weighted by molar-refractivity contribution is 5.90. The molecule has 0 radical (unpaired) electrons. The van der Waals surface area contributed by atoms with Crippen LogP contribution in [0.5, 0.6) is 0 Å². The fraction of sp³-hybridized carbons (Fsp3) is 0.562. The molecule has 0 unspecified atom stereocenters. The zero-order valence-electron chi connectivity index (χ0n) is 13.3. The smallest absolute Gasteiger partial charge is 0.341 e. The molecule has 6 heteroatoms. The van der Waals surface area contributed by atoms with Gasteiger partial charge in [0.25, 0.3) is 6.08 Å². The largest absolute Gasteiger partial charge is 0.462 e. The fourth-order valence-electron chi connectivity index (χ4n) is 1.84. The van der Waals surface area contributed by atoms with Gasteiger partial charge in [0.2, 0.25) is 0 Å². The van der Waals surface area contributed by atoms with E-state index in [0.717, 1.165) is 25.7 Å². The topological polar surface area (TPSA) is 52.1 Å². The molecule has 0 spiro atoms. The fourth-order valence-corrected chi connectivity index (χ4v) is 1.84. The van der Waals surface area contributed by atoms with E-state index in [1.54, 1.807) is 6.92 Å². The van der Waals surface area contributed by atoms with Crippen LogP contribution < -0.4 is 0 Å². The first-order chi connectivity index (χ1) is 10.5. The normalized spacial score (nSPS) is 10.4. The molecule has 0 N–H and O–H groups in total. The molecule has 0 saturated carbocycles. The predicted octanol–water partition coefficient (Wildman–Crippen LogP) is 4.24. The summed E-state index contributed by atoms with van der Waals surface area (Å²) in [5, 5.41) is 0. The van der Waals surface area contributed by atoms with E-state index in [0.29, 0.717) is 11.5 Å². The van der Waals surface area contributed by atoms with E-state index in [9.17, 15) is 13.6 Å². The Hall–Kier alpha value is -1.85. The van der Waals surface area contributed by atoms with Gasteiger partial charge in [-0.1, -0.05) is 19.8 Å². The average Bonchev–Trinajstić information content (AvgIpc) is 2.47. The molecule has 0 atom stereocenters. The van der Waals surface area contributed by atoms with Crippen LogP contribution in [0.15, 0.2) is 17.9 Å². The van der Waals surface area contributed by atoms with Crippen molar-refractivity contribution in [3.8, 4) is 0 Å². The summed E-state index contributed by atoms with van der Waals surface area (Å²) in [6.45, 7) is 5.06. The summed E-state index contributed by atoms with van der Waals surface area (Å²) >= 11 is 0. The van der Waals surface area contributed by atoms with Crippen molar-refractivity contribution in [2.45, 2.75) is 52.9 Å². The maximum absolute atomic E-state index is 12.2. The molecule has 1 heterocycles. The summed E-state index contributed by atoms with van der Waals surface area (Å²) in [5.41, 5.74) is 0.754. The molecule has 0 aliphatic carbocycles. The number of rotatable bonds is 8. The van der Waals surface area contributed by atoms with Gasteiger partial charge in [-0.05, 0) is 25.8 Å². The van der Waals surface area contributed by atoms with Crippen molar-refractivity contribution in [3.05, 3.63) is 34.9 Å². The Balaban J connectivity index is 2.57. The molecule has 0 aliphatic heterocycles. The molecule has 1 rings (SSSR count). The lowest BCUT2D eigenvalue weighted by atomic mass is 10.2. The summed E-state index contributed by atoms with van der Waals surface area (Å²) < 4.78 is 29.4.